The summed E-state index contributed by atoms with van der Waals surface area (Å²) in [5.74, 6) is 0.529. The number of hydroxylamine groups is 1. The van der Waals surface area contributed by atoms with Crippen LogP contribution in [0.4, 0.5) is 17.2 Å². The van der Waals surface area contributed by atoms with Gasteiger partial charge in [0.1, 0.15) is 40.0 Å². The SMILES string of the molecule is CCCS(=O)(=O)ON(C)c1ccc2c(c1)[Si](C)(C)C1=CC(=[N+](C)C)C=CC1=C2c1ccc(C(=O)NCCCn2cc(-c3cccc(Nc4ncnc5ccccc45)c3)nn2)cc1C. The number of nitrogens with one attached hydrogen (secondary N) is 2. The monoisotopic (exact) mass is 878 g/mol. The summed E-state index contributed by atoms with van der Waals surface area (Å²) in [5, 5.41) is 20.0. The molecule has 0 atom stereocenters. The molecule has 3 heterocycles. The Bertz CT molecular complexity index is 3000. The van der Waals surface area contributed by atoms with Gasteiger partial charge in [0.25, 0.3) is 16.0 Å². The second-order valence-corrected chi connectivity index (χ2v) is 22.6. The van der Waals surface area contributed by atoms with Crippen molar-refractivity contribution in [3.05, 3.63) is 149 Å². The van der Waals surface area contributed by atoms with Gasteiger partial charge in [0, 0.05) is 54.5 Å². The van der Waals surface area contributed by atoms with Crippen molar-refractivity contribution < 1.29 is 22.1 Å². The molecule has 2 aromatic heterocycles. The molecule has 63 heavy (non-hydrogen) atoms. The van der Waals surface area contributed by atoms with Crippen molar-refractivity contribution >= 4 is 68.7 Å². The molecule has 6 aromatic rings. The fourth-order valence-corrected chi connectivity index (χ4v) is 12.3. The molecule has 0 unspecified atom stereocenters. The number of hydrogen-bond acceptors (Lipinski definition) is 10. The minimum absolute atomic E-state index is 0.0568. The van der Waals surface area contributed by atoms with Gasteiger partial charge in [0.15, 0.2) is 5.71 Å². The molecular formula is C48H52N9O4SSi+. The molecule has 4 aromatic carbocycles. The van der Waals surface area contributed by atoms with Gasteiger partial charge in [-0.15, -0.1) is 9.38 Å². The summed E-state index contributed by atoms with van der Waals surface area (Å²) in [4.78, 5) is 22.3. The highest BCUT2D eigenvalue weighted by Gasteiger charge is 2.41. The van der Waals surface area contributed by atoms with Crippen molar-refractivity contribution in [2.24, 2.45) is 0 Å². The third kappa shape index (κ3) is 9.03. The van der Waals surface area contributed by atoms with Crippen LogP contribution in [0.5, 0.6) is 0 Å². The Morgan fingerprint density at radius 1 is 0.952 bits per heavy atom. The minimum atomic E-state index is -3.72. The summed E-state index contributed by atoms with van der Waals surface area (Å²) >= 11 is 0. The van der Waals surface area contributed by atoms with E-state index in [-0.39, 0.29) is 11.7 Å². The van der Waals surface area contributed by atoms with Crippen LogP contribution < -0.4 is 20.9 Å². The van der Waals surface area contributed by atoms with E-state index in [1.54, 1.807) is 18.1 Å². The maximum Gasteiger partial charge on any atom is 0.288 e. The number of para-hydroxylation sites is 1. The zero-order valence-electron chi connectivity index (χ0n) is 36.7. The Hall–Kier alpha value is -6.55. The van der Waals surface area contributed by atoms with Crippen molar-refractivity contribution in [2.45, 2.75) is 46.3 Å². The van der Waals surface area contributed by atoms with Crippen molar-refractivity contribution in [2.75, 3.05) is 43.8 Å². The second-order valence-electron chi connectivity index (χ2n) is 16.6. The van der Waals surface area contributed by atoms with Crippen LogP contribution in [-0.2, 0) is 20.9 Å². The number of allylic oxidation sites excluding steroid dienone is 5. The lowest BCUT2D eigenvalue weighted by atomic mass is 9.87. The zero-order chi connectivity index (χ0) is 44.5. The predicted molar refractivity (Wildman–Crippen MR) is 254 cm³/mol. The van der Waals surface area contributed by atoms with Gasteiger partial charge in [-0.1, -0.05) is 61.6 Å². The molecule has 0 bridgehead atoms. The minimum Gasteiger partial charge on any atom is -0.352 e. The highest BCUT2D eigenvalue weighted by molar-refractivity contribution is 7.86. The summed E-state index contributed by atoms with van der Waals surface area (Å²) < 4.78 is 34.6. The lowest BCUT2D eigenvalue weighted by Crippen LogP contribution is -2.50. The van der Waals surface area contributed by atoms with Crippen molar-refractivity contribution in [1.82, 2.24) is 30.3 Å². The van der Waals surface area contributed by atoms with Crippen LogP contribution in [0.25, 0.3) is 27.7 Å². The van der Waals surface area contributed by atoms with Gasteiger partial charge >= 0.3 is 0 Å². The van der Waals surface area contributed by atoms with Gasteiger partial charge < -0.3 is 10.6 Å². The van der Waals surface area contributed by atoms with Crippen LogP contribution in [0, 0.1) is 6.92 Å². The highest BCUT2D eigenvalue weighted by Crippen LogP contribution is 2.43. The third-order valence-electron chi connectivity index (χ3n) is 11.6. The zero-order valence-corrected chi connectivity index (χ0v) is 38.5. The molecule has 1 amide bonds. The number of hydrogen-bond donors (Lipinski definition) is 2. The average molecular weight is 879 g/mol. The maximum atomic E-state index is 13.5. The summed E-state index contributed by atoms with van der Waals surface area (Å²) in [6.45, 7) is 9.58. The molecule has 0 saturated carbocycles. The molecule has 0 radical (unpaired) electrons. The molecular weight excluding hydrogens is 827 g/mol. The second kappa shape index (κ2) is 17.7. The summed E-state index contributed by atoms with van der Waals surface area (Å²) in [6.07, 6.45) is 11.3. The molecule has 0 spiro atoms. The number of aromatic nitrogens is 5. The van der Waals surface area contributed by atoms with E-state index in [4.69, 9.17) is 4.28 Å². The van der Waals surface area contributed by atoms with Crippen LogP contribution in [0.1, 0.15) is 46.8 Å². The van der Waals surface area contributed by atoms with E-state index in [1.165, 1.54) is 21.0 Å². The molecule has 0 fully saturated rings. The molecule has 322 valence electrons. The van der Waals surface area contributed by atoms with Crippen molar-refractivity contribution in [3.8, 4) is 11.3 Å². The standard InChI is InChI=1S/C48H51N9O4SSi/c1-8-25-62(59,60)61-56(5)37-19-22-41-45(29-37)63(6,7)44-28-36(55(3)4)18-21-40(44)46(41)38-20-17-34(26-32(38)2)48(58)49-23-12-24-57-30-43(53-54-57)33-13-11-14-35(27-33)52-47-39-15-9-10-16-42(39)50-31-51-47/h9-11,13-22,26-31H,8,12,23-25H2,1-7H3,(H-,49,50,51,52,58)/p+1. The first kappa shape index (κ1) is 43.1. The quantitative estimate of drug-likeness (QED) is 0.0493. The molecule has 2 N–H and O–H groups in total. The number of carbonyl (C=O) groups is 1. The summed E-state index contributed by atoms with van der Waals surface area (Å²) in [6, 6.07) is 27.8. The number of amides is 1. The fraction of sp³-hybridized carbons (Fsp3) is 0.250. The molecule has 13 nitrogen and oxygen atoms in total. The topological polar surface area (TPSA) is 147 Å². The highest BCUT2D eigenvalue weighted by atomic mass is 32.2. The summed E-state index contributed by atoms with van der Waals surface area (Å²) in [5.41, 5.74) is 11.1. The van der Waals surface area contributed by atoms with E-state index in [9.17, 15) is 13.2 Å². The van der Waals surface area contributed by atoms with E-state index in [0.29, 0.717) is 37.2 Å². The molecule has 1 aliphatic heterocycles. The van der Waals surface area contributed by atoms with Gasteiger partial charge in [-0.2, -0.15) is 8.42 Å². The normalized spacial score (nSPS) is 14.3. The fourth-order valence-electron chi connectivity index (χ4n) is 8.26. The third-order valence-corrected chi connectivity index (χ3v) is 16.4. The lowest BCUT2D eigenvalue weighted by Gasteiger charge is -2.38. The van der Waals surface area contributed by atoms with Crippen LogP contribution in [0.3, 0.4) is 0 Å². The number of benzene rings is 4. The Kier molecular flexibility index (Phi) is 12.1. The van der Waals surface area contributed by atoms with Gasteiger partial charge in [-0.05, 0) is 113 Å². The number of aryl methyl sites for hydroxylation is 2. The van der Waals surface area contributed by atoms with Gasteiger partial charge in [-0.3, -0.25) is 9.48 Å². The van der Waals surface area contributed by atoms with Crippen LogP contribution in [0.2, 0.25) is 13.1 Å². The first-order chi connectivity index (χ1) is 30.2. The predicted octanol–water partition coefficient (Wildman–Crippen LogP) is 7.35. The lowest BCUT2D eigenvalue weighted by molar-refractivity contribution is -0.462. The molecule has 8 rings (SSSR count). The largest absolute Gasteiger partial charge is 0.352 e. The Morgan fingerprint density at radius 2 is 1.76 bits per heavy atom. The van der Waals surface area contributed by atoms with E-state index >= 15 is 0 Å². The van der Waals surface area contributed by atoms with Crippen molar-refractivity contribution in [3.63, 3.8) is 0 Å². The number of rotatable bonds is 14. The van der Waals surface area contributed by atoms with Gasteiger partial charge in [0.2, 0.25) is 0 Å². The van der Waals surface area contributed by atoms with Crippen LogP contribution >= 0.6 is 0 Å². The number of nitrogens with zero attached hydrogens (tertiary/aromatic N) is 7. The number of fused-ring (bicyclic) bond motifs is 3. The number of carbonyl (C=O) groups excluding carboxylic acids is 1. The van der Waals surface area contributed by atoms with Crippen LogP contribution in [0.15, 0.2) is 126 Å². The molecule has 2 aliphatic rings. The first-order valence-electron chi connectivity index (χ1n) is 21.1. The maximum absolute atomic E-state index is 13.5. The number of anilines is 3. The Morgan fingerprint density at radius 3 is 2.56 bits per heavy atom. The van der Waals surface area contributed by atoms with E-state index in [1.807, 2.05) is 107 Å². The molecule has 0 saturated heterocycles. The van der Waals surface area contributed by atoms with E-state index in [0.717, 1.165) is 61.6 Å². The Labute approximate surface area is 369 Å². The van der Waals surface area contributed by atoms with Crippen LogP contribution in [-0.4, -0.2) is 91.1 Å². The van der Waals surface area contributed by atoms with Crippen molar-refractivity contribution in [1.29, 1.82) is 0 Å². The smallest absolute Gasteiger partial charge is 0.288 e. The average Bonchev–Trinajstić information content (AvgIpc) is 3.74. The summed E-state index contributed by atoms with van der Waals surface area (Å²) in [7, 11) is -0.324. The Balaban J connectivity index is 0.961. The molecule has 15 heteroatoms. The van der Waals surface area contributed by atoms with E-state index in [2.05, 4.69) is 78.9 Å². The molecule has 1 aliphatic carbocycles. The van der Waals surface area contributed by atoms with E-state index < -0.39 is 18.2 Å². The van der Waals surface area contributed by atoms with Gasteiger partial charge in [-0.25, -0.2) is 19.6 Å². The first-order valence-corrected chi connectivity index (χ1v) is 25.7. The van der Waals surface area contributed by atoms with Gasteiger partial charge in [0.05, 0.1) is 23.2 Å².